The van der Waals surface area contributed by atoms with Crippen LogP contribution in [-0.2, 0) is 21.2 Å². The SMILES string of the molecule is Cc1ccc(S(=O)(=O)NC(CC=O)CCc2ccccc2)cc1. The molecule has 23 heavy (non-hydrogen) atoms. The number of hydrogen-bond donors (Lipinski definition) is 1. The summed E-state index contributed by atoms with van der Waals surface area (Å²) >= 11 is 0. The number of carbonyl (C=O) groups excluding carboxylic acids is 1. The molecular formula is C18H21NO3S. The van der Waals surface area contributed by atoms with Crippen molar-refractivity contribution in [2.45, 2.75) is 37.1 Å². The average Bonchev–Trinajstić information content (AvgIpc) is 2.54. The molecule has 0 aromatic heterocycles. The van der Waals surface area contributed by atoms with Crippen LogP contribution >= 0.6 is 0 Å². The van der Waals surface area contributed by atoms with Gasteiger partial charge >= 0.3 is 0 Å². The molecule has 0 amide bonds. The number of benzene rings is 2. The van der Waals surface area contributed by atoms with Crippen molar-refractivity contribution in [3.05, 3.63) is 65.7 Å². The standard InChI is InChI=1S/C18H21NO3S/c1-15-7-11-18(12-8-15)23(21,22)19-17(13-14-20)10-9-16-5-3-2-4-6-16/h2-8,11-12,14,17,19H,9-10,13H2,1H3. The van der Waals surface area contributed by atoms with E-state index in [1.54, 1.807) is 24.3 Å². The molecule has 0 aliphatic carbocycles. The van der Waals surface area contributed by atoms with Gasteiger partial charge in [0.1, 0.15) is 6.29 Å². The van der Waals surface area contributed by atoms with Crippen LogP contribution in [0.3, 0.4) is 0 Å². The molecule has 122 valence electrons. The normalized spacial score (nSPS) is 12.7. The largest absolute Gasteiger partial charge is 0.303 e. The van der Waals surface area contributed by atoms with Crippen LogP contribution in [-0.4, -0.2) is 20.7 Å². The first-order chi connectivity index (χ1) is 11.0. The third-order valence-electron chi connectivity index (χ3n) is 3.66. The average molecular weight is 331 g/mol. The van der Waals surface area contributed by atoms with E-state index < -0.39 is 16.1 Å². The maximum absolute atomic E-state index is 12.4. The molecule has 0 saturated heterocycles. The smallest absolute Gasteiger partial charge is 0.240 e. The minimum atomic E-state index is -3.61. The Morgan fingerprint density at radius 3 is 2.30 bits per heavy atom. The fourth-order valence-electron chi connectivity index (χ4n) is 2.33. The molecule has 0 heterocycles. The van der Waals surface area contributed by atoms with E-state index >= 15 is 0 Å². The van der Waals surface area contributed by atoms with Gasteiger partial charge in [0.2, 0.25) is 10.0 Å². The number of rotatable bonds is 8. The fourth-order valence-corrected chi connectivity index (χ4v) is 3.61. The molecule has 0 aliphatic rings. The molecule has 0 saturated carbocycles. The van der Waals surface area contributed by atoms with Gasteiger partial charge in [0.25, 0.3) is 0 Å². The summed E-state index contributed by atoms with van der Waals surface area (Å²) in [6, 6.07) is 16.1. The lowest BCUT2D eigenvalue weighted by Gasteiger charge is -2.16. The first kappa shape index (κ1) is 17.4. The van der Waals surface area contributed by atoms with Crippen molar-refractivity contribution in [2.75, 3.05) is 0 Å². The highest BCUT2D eigenvalue weighted by Gasteiger charge is 2.19. The number of sulfonamides is 1. The molecule has 2 rings (SSSR count). The van der Waals surface area contributed by atoms with Crippen LogP contribution < -0.4 is 4.72 Å². The molecule has 5 heteroatoms. The molecule has 0 radical (unpaired) electrons. The topological polar surface area (TPSA) is 63.2 Å². The number of nitrogens with one attached hydrogen (secondary N) is 1. The maximum atomic E-state index is 12.4. The van der Waals surface area contributed by atoms with Gasteiger partial charge in [-0.2, -0.15) is 0 Å². The van der Waals surface area contributed by atoms with E-state index in [9.17, 15) is 13.2 Å². The van der Waals surface area contributed by atoms with Gasteiger partial charge in [0.05, 0.1) is 4.90 Å². The number of carbonyl (C=O) groups is 1. The van der Waals surface area contributed by atoms with E-state index in [2.05, 4.69) is 4.72 Å². The van der Waals surface area contributed by atoms with Crippen LogP contribution in [0.1, 0.15) is 24.0 Å². The molecule has 0 aliphatic heterocycles. The molecule has 4 nitrogen and oxygen atoms in total. The fraction of sp³-hybridized carbons (Fsp3) is 0.278. The summed E-state index contributed by atoms with van der Waals surface area (Å²) in [4.78, 5) is 11.1. The third-order valence-corrected chi connectivity index (χ3v) is 5.19. The predicted molar refractivity (Wildman–Crippen MR) is 90.7 cm³/mol. The lowest BCUT2D eigenvalue weighted by Crippen LogP contribution is -2.35. The Morgan fingerprint density at radius 1 is 1.04 bits per heavy atom. The Bertz CT molecular complexity index is 725. The first-order valence-corrected chi connectivity index (χ1v) is 9.06. The first-order valence-electron chi connectivity index (χ1n) is 7.58. The summed E-state index contributed by atoms with van der Waals surface area (Å²) in [5.41, 5.74) is 2.12. The summed E-state index contributed by atoms with van der Waals surface area (Å²) in [5, 5.41) is 0. The van der Waals surface area contributed by atoms with Crippen molar-refractivity contribution in [1.82, 2.24) is 4.72 Å². The van der Waals surface area contributed by atoms with E-state index in [4.69, 9.17) is 0 Å². The highest BCUT2D eigenvalue weighted by atomic mass is 32.2. The van der Waals surface area contributed by atoms with Gasteiger partial charge < -0.3 is 4.79 Å². The van der Waals surface area contributed by atoms with Crippen molar-refractivity contribution in [3.63, 3.8) is 0 Å². The number of aldehydes is 1. The zero-order valence-corrected chi connectivity index (χ0v) is 13.9. The van der Waals surface area contributed by atoms with Crippen LogP contribution in [0.2, 0.25) is 0 Å². The zero-order chi connectivity index (χ0) is 16.7. The Morgan fingerprint density at radius 2 is 1.70 bits per heavy atom. The van der Waals surface area contributed by atoms with Gasteiger partial charge in [0.15, 0.2) is 0 Å². The highest BCUT2D eigenvalue weighted by molar-refractivity contribution is 7.89. The molecule has 0 fully saturated rings. The van der Waals surface area contributed by atoms with Crippen LogP contribution in [0.15, 0.2) is 59.5 Å². The van der Waals surface area contributed by atoms with Crippen molar-refractivity contribution in [2.24, 2.45) is 0 Å². The van der Waals surface area contributed by atoms with Crippen molar-refractivity contribution < 1.29 is 13.2 Å². The molecule has 1 atom stereocenters. The van der Waals surface area contributed by atoms with Gasteiger partial charge in [-0.3, -0.25) is 0 Å². The molecule has 2 aromatic rings. The van der Waals surface area contributed by atoms with Crippen LogP contribution in [0.25, 0.3) is 0 Å². The van der Waals surface area contributed by atoms with Crippen molar-refractivity contribution >= 4 is 16.3 Å². The molecule has 0 bridgehead atoms. The zero-order valence-electron chi connectivity index (χ0n) is 13.1. The Kier molecular flexibility index (Phi) is 6.07. The summed E-state index contributed by atoms with van der Waals surface area (Å²) in [7, 11) is -3.61. The van der Waals surface area contributed by atoms with E-state index in [-0.39, 0.29) is 11.3 Å². The number of hydrogen-bond acceptors (Lipinski definition) is 3. The van der Waals surface area contributed by atoms with E-state index in [1.807, 2.05) is 37.3 Å². The summed E-state index contributed by atoms with van der Waals surface area (Å²) in [6.07, 6.45) is 2.22. The van der Waals surface area contributed by atoms with E-state index in [1.165, 1.54) is 0 Å². The monoisotopic (exact) mass is 331 g/mol. The van der Waals surface area contributed by atoms with Crippen molar-refractivity contribution in [1.29, 1.82) is 0 Å². The van der Waals surface area contributed by atoms with Gasteiger partial charge in [-0.15, -0.1) is 0 Å². The lowest BCUT2D eigenvalue weighted by molar-refractivity contribution is -0.108. The van der Waals surface area contributed by atoms with Gasteiger partial charge in [-0.1, -0.05) is 48.0 Å². The second-order valence-corrected chi connectivity index (χ2v) is 7.27. The van der Waals surface area contributed by atoms with E-state index in [0.717, 1.165) is 23.8 Å². The Balaban J connectivity index is 2.05. The minimum Gasteiger partial charge on any atom is -0.303 e. The quantitative estimate of drug-likeness (QED) is 0.757. The molecule has 1 unspecified atom stereocenters. The second-order valence-electron chi connectivity index (χ2n) is 5.56. The van der Waals surface area contributed by atoms with Gasteiger partial charge in [0, 0.05) is 12.5 Å². The summed E-state index contributed by atoms with van der Waals surface area (Å²) in [6.45, 7) is 1.90. The van der Waals surface area contributed by atoms with Gasteiger partial charge in [-0.25, -0.2) is 13.1 Å². The van der Waals surface area contributed by atoms with Gasteiger partial charge in [-0.05, 0) is 37.5 Å². The highest BCUT2D eigenvalue weighted by Crippen LogP contribution is 2.13. The number of aryl methyl sites for hydroxylation is 2. The molecule has 2 aromatic carbocycles. The summed E-state index contributed by atoms with van der Waals surface area (Å²) < 4.78 is 27.5. The molecular weight excluding hydrogens is 310 g/mol. The van der Waals surface area contributed by atoms with Crippen LogP contribution in [0, 0.1) is 6.92 Å². The lowest BCUT2D eigenvalue weighted by atomic mass is 10.0. The molecule has 1 N–H and O–H groups in total. The third kappa shape index (κ3) is 5.30. The maximum Gasteiger partial charge on any atom is 0.240 e. The summed E-state index contributed by atoms with van der Waals surface area (Å²) in [5.74, 6) is 0. The van der Waals surface area contributed by atoms with Crippen molar-refractivity contribution in [3.8, 4) is 0 Å². The van der Waals surface area contributed by atoms with Crippen LogP contribution in [0.5, 0.6) is 0 Å². The predicted octanol–water partition coefficient (Wildman–Crippen LogP) is 2.86. The minimum absolute atomic E-state index is 0.165. The molecule has 0 spiro atoms. The Labute approximate surface area is 137 Å². The van der Waals surface area contributed by atoms with E-state index in [0.29, 0.717) is 6.42 Å². The Hall–Kier alpha value is -1.98. The van der Waals surface area contributed by atoms with Crippen LogP contribution in [0.4, 0.5) is 0 Å². The second kappa shape index (κ2) is 8.04.